The number of hydrogen-bond acceptors (Lipinski definition) is 5. The van der Waals surface area contributed by atoms with Gasteiger partial charge in [-0.3, -0.25) is 14.6 Å². The first-order valence-corrected chi connectivity index (χ1v) is 7.54. The number of nitrogens with one attached hydrogen (secondary N) is 1. The third kappa shape index (κ3) is 3.18. The maximum Gasteiger partial charge on any atom is 0.420 e. The molecule has 3 rings (SSSR count). The number of para-hydroxylation sites is 1. The van der Waals surface area contributed by atoms with Gasteiger partial charge in [0.05, 0.1) is 18.4 Å². The summed E-state index contributed by atoms with van der Waals surface area (Å²) in [5, 5.41) is 3.11. The zero-order valence-electron chi connectivity index (χ0n) is 12.8. The van der Waals surface area contributed by atoms with E-state index < -0.39 is 6.09 Å². The molecule has 1 aromatic carbocycles. The lowest BCUT2D eigenvalue weighted by molar-refractivity contribution is -0.115. The molecule has 2 amide bonds. The number of carbonyl (C=O) groups excluding carboxylic acids is 2. The first kappa shape index (κ1) is 15.9. The Labute approximate surface area is 143 Å². The van der Waals surface area contributed by atoms with Crippen molar-refractivity contribution in [3.05, 3.63) is 48.7 Å². The second kappa shape index (κ2) is 6.63. The van der Waals surface area contributed by atoms with Crippen LogP contribution in [0.5, 0.6) is 5.88 Å². The molecule has 1 aliphatic heterocycles. The van der Waals surface area contributed by atoms with Gasteiger partial charge in [0.2, 0.25) is 5.88 Å². The molecular formula is C16H14N4O3S. The molecular weight excluding hydrogens is 328 g/mol. The zero-order valence-corrected chi connectivity index (χ0v) is 13.6. The fourth-order valence-electron chi connectivity index (χ4n) is 2.16. The number of anilines is 2. The molecule has 1 N–H and O–H groups in total. The summed E-state index contributed by atoms with van der Waals surface area (Å²) in [5.74, 6) is -0.0209. The van der Waals surface area contributed by atoms with E-state index in [-0.39, 0.29) is 18.3 Å². The van der Waals surface area contributed by atoms with Gasteiger partial charge in [-0.25, -0.2) is 9.78 Å². The summed E-state index contributed by atoms with van der Waals surface area (Å²) < 4.78 is 5.23. The van der Waals surface area contributed by atoms with Gasteiger partial charge in [0.15, 0.2) is 5.11 Å². The van der Waals surface area contributed by atoms with Crippen LogP contribution in [0.2, 0.25) is 0 Å². The number of ether oxygens (including phenoxy) is 1. The van der Waals surface area contributed by atoms with Crippen molar-refractivity contribution in [3.8, 4) is 5.88 Å². The van der Waals surface area contributed by atoms with Crippen molar-refractivity contribution in [2.45, 2.75) is 0 Å². The normalized spacial score (nSPS) is 13.6. The molecule has 122 valence electrons. The van der Waals surface area contributed by atoms with Crippen LogP contribution in [0.15, 0.2) is 48.7 Å². The van der Waals surface area contributed by atoms with Gasteiger partial charge in [-0.15, -0.1) is 0 Å². The van der Waals surface area contributed by atoms with Crippen molar-refractivity contribution >= 4 is 40.7 Å². The van der Waals surface area contributed by atoms with E-state index in [0.717, 1.165) is 0 Å². The van der Waals surface area contributed by atoms with Gasteiger partial charge < -0.3 is 10.1 Å². The summed E-state index contributed by atoms with van der Waals surface area (Å²) in [6, 6.07) is 12.2. The van der Waals surface area contributed by atoms with Crippen molar-refractivity contribution in [2.75, 3.05) is 23.4 Å². The number of pyridine rings is 1. The highest BCUT2D eigenvalue weighted by atomic mass is 32.1. The molecule has 1 aliphatic rings. The third-order valence-corrected chi connectivity index (χ3v) is 3.76. The van der Waals surface area contributed by atoms with Crippen molar-refractivity contribution < 1.29 is 14.3 Å². The van der Waals surface area contributed by atoms with Crippen LogP contribution in [0.25, 0.3) is 0 Å². The molecule has 8 heteroatoms. The number of aromatic nitrogens is 1. The summed E-state index contributed by atoms with van der Waals surface area (Å²) in [4.78, 5) is 30.7. The molecule has 7 nitrogen and oxygen atoms in total. The van der Waals surface area contributed by atoms with E-state index in [1.165, 1.54) is 22.1 Å². The maximum absolute atomic E-state index is 12.1. The second-order valence-electron chi connectivity index (χ2n) is 5.01. The summed E-state index contributed by atoms with van der Waals surface area (Å²) in [6.07, 6.45) is 0.874. The van der Waals surface area contributed by atoms with Crippen molar-refractivity contribution in [3.63, 3.8) is 0 Å². The van der Waals surface area contributed by atoms with Gasteiger partial charge in [-0.2, -0.15) is 0 Å². The SMILES string of the molecule is CN(C(=O)Oc1ccc(N2C(=O)CNC2=S)cn1)c1ccccc1. The van der Waals surface area contributed by atoms with Crippen LogP contribution in [0.1, 0.15) is 0 Å². The summed E-state index contributed by atoms with van der Waals surface area (Å²) in [7, 11) is 1.61. The quantitative estimate of drug-likeness (QED) is 0.859. The zero-order chi connectivity index (χ0) is 17.1. The average Bonchev–Trinajstić information content (AvgIpc) is 2.94. The van der Waals surface area contributed by atoms with E-state index in [0.29, 0.717) is 16.5 Å². The minimum atomic E-state index is -0.559. The van der Waals surface area contributed by atoms with Crippen LogP contribution in [-0.4, -0.2) is 35.7 Å². The van der Waals surface area contributed by atoms with Gasteiger partial charge in [-0.1, -0.05) is 18.2 Å². The fourth-order valence-corrected chi connectivity index (χ4v) is 2.44. The largest absolute Gasteiger partial charge is 0.420 e. The molecule has 0 unspecified atom stereocenters. The van der Waals surface area contributed by atoms with Crippen LogP contribution in [0, 0.1) is 0 Å². The topological polar surface area (TPSA) is 74.8 Å². The lowest BCUT2D eigenvalue weighted by Crippen LogP contribution is -2.31. The Balaban J connectivity index is 1.69. The Morgan fingerprint density at radius 1 is 1.29 bits per heavy atom. The highest BCUT2D eigenvalue weighted by Gasteiger charge is 2.27. The van der Waals surface area contributed by atoms with Crippen molar-refractivity contribution in [1.29, 1.82) is 0 Å². The standard InChI is InChI=1S/C16H14N4O3S/c1-19(11-5-3-2-4-6-11)16(22)23-13-8-7-12(9-17-13)20-14(21)10-18-15(20)24/h2-9H,10H2,1H3,(H,18,24). The number of nitrogens with zero attached hydrogens (tertiary/aromatic N) is 3. The molecule has 0 atom stereocenters. The second-order valence-corrected chi connectivity index (χ2v) is 5.39. The molecule has 0 aliphatic carbocycles. The molecule has 0 radical (unpaired) electrons. The summed E-state index contributed by atoms with van der Waals surface area (Å²) in [6.45, 7) is 0.164. The van der Waals surface area contributed by atoms with E-state index in [1.54, 1.807) is 25.2 Å². The molecule has 2 aromatic rings. The minimum absolute atomic E-state index is 0.136. The lowest BCUT2D eigenvalue weighted by Gasteiger charge is -2.17. The third-order valence-electron chi connectivity index (χ3n) is 3.43. The first-order valence-electron chi connectivity index (χ1n) is 7.13. The van der Waals surface area contributed by atoms with Crippen molar-refractivity contribution in [1.82, 2.24) is 10.3 Å². The van der Waals surface area contributed by atoms with E-state index in [2.05, 4.69) is 10.3 Å². The summed E-state index contributed by atoms with van der Waals surface area (Å²) >= 11 is 5.06. The van der Waals surface area contributed by atoms with Gasteiger partial charge >= 0.3 is 6.09 Å². The Kier molecular flexibility index (Phi) is 4.39. The number of carbonyl (C=O) groups is 2. The predicted octanol–water partition coefficient (Wildman–Crippen LogP) is 1.94. The molecule has 1 fully saturated rings. The monoisotopic (exact) mass is 342 g/mol. The van der Waals surface area contributed by atoms with Crippen LogP contribution >= 0.6 is 12.2 Å². The van der Waals surface area contributed by atoms with Gasteiger partial charge in [0.25, 0.3) is 5.91 Å². The molecule has 1 saturated heterocycles. The van der Waals surface area contributed by atoms with Crippen LogP contribution in [0.3, 0.4) is 0 Å². The number of hydrogen-bond donors (Lipinski definition) is 1. The van der Waals surface area contributed by atoms with Gasteiger partial charge in [0, 0.05) is 18.8 Å². The number of benzene rings is 1. The van der Waals surface area contributed by atoms with E-state index >= 15 is 0 Å². The Hall–Kier alpha value is -3.00. The lowest BCUT2D eigenvalue weighted by atomic mass is 10.3. The Morgan fingerprint density at radius 2 is 2.04 bits per heavy atom. The van der Waals surface area contributed by atoms with Crippen LogP contribution in [-0.2, 0) is 4.79 Å². The van der Waals surface area contributed by atoms with Crippen LogP contribution in [0.4, 0.5) is 16.2 Å². The molecule has 24 heavy (non-hydrogen) atoms. The predicted molar refractivity (Wildman–Crippen MR) is 93.2 cm³/mol. The Bertz CT molecular complexity index is 764. The number of thiocarbonyl (C=S) groups is 1. The van der Waals surface area contributed by atoms with Gasteiger partial charge in [-0.05, 0) is 30.4 Å². The molecule has 0 bridgehead atoms. The summed E-state index contributed by atoms with van der Waals surface area (Å²) in [5.41, 5.74) is 1.23. The van der Waals surface area contributed by atoms with Crippen molar-refractivity contribution in [2.24, 2.45) is 0 Å². The smallest absolute Gasteiger partial charge is 0.391 e. The number of amides is 2. The molecule has 0 spiro atoms. The maximum atomic E-state index is 12.1. The molecule has 2 heterocycles. The van der Waals surface area contributed by atoms with E-state index in [4.69, 9.17) is 17.0 Å². The Morgan fingerprint density at radius 3 is 2.62 bits per heavy atom. The highest BCUT2D eigenvalue weighted by Crippen LogP contribution is 2.20. The van der Waals surface area contributed by atoms with Crippen LogP contribution < -0.4 is 19.9 Å². The number of rotatable bonds is 3. The molecule has 1 aromatic heterocycles. The fraction of sp³-hybridized carbons (Fsp3) is 0.125. The van der Waals surface area contributed by atoms with Gasteiger partial charge in [0.1, 0.15) is 0 Å². The van der Waals surface area contributed by atoms with E-state index in [1.807, 2.05) is 18.2 Å². The molecule has 0 saturated carbocycles. The van der Waals surface area contributed by atoms with E-state index in [9.17, 15) is 9.59 Å². The minimum Gasteiger partial charge on any atom is -0.391 e. The first-order chi connectivity index (χ1) is 11.6. The highest BCUT2D eigenvalue weighted by molar-refractivity contribution is 7.80. The average molecular weight is 342 g/mol.